The van der Waals surface area contributed by atoms with Gasteiger partial charge < -0.3 is 10.6 Å². The third-order valence-corrected chi connectivity index (χ3v) is 2.76. The molecule has 2 heterocycles. The number of hydrogen-bond donors (Lipinski definition) is 1. The van der Waals surface area contributed by atoms with Gasteiger partial charge in [0, 0.05) is 18.6 Å². The van der Waals surface area contributed by atoms with Crippen LogP contribution in [0.2, 0.25) is 0 Å². The molecular weight excluding hydrogens is 208 g/mol. The molecule has 0 aliphatic rings. The molecule has 0 saturated carbocycles. The van der Waals surface area contributed by atoms with E-state index >= 15 is 0 Å². The molecule has 2 aromatic rings. The van der Waals surface area contributed by atoms with Crippen LogP contribution in [0.25, 0.3) is 0 Å². The van der Waals surface area contributed by atoms with Crippen molar-refractivity contribution in [1.82, 2.24) is 9.97 Å². The van der Waals surface area contributed by atoms with Crippen molar-refractivity contribution in [2.75, 3.05) is 17.7 Å². The summed E-state index contributed by atoms with van der Waals surface area (Å²) in [6.07, 6.45) is 3.40. The van der Waals surface area contributed by atoms with E-state index in [9.17, 15) is 0 Å². The van der Waals surface area contributed by atoms with Gasteiger partial charge in [0.1, 0.15) is 0 Å². The molecule has 15 heavy (non-hydrogen) atoms. The van der Waals surface area contributed by atoms with E-state index in [4.69, 9.17) is 5.73 Å². The van der Waals surface area contributed by atoms with Crippen molar-refractivity contribution in [3.8, 4) is 0 Å². The Bertz CT molecular complexity index is 427. The third-order valence-electron chi connectivity index (χ3n) is 2.12. The van der Waals surface area contributed by atoms with Crippen LogP contribution in [0.4, 0.5) is 11.4 Å². The Balaban J connectivity index is 2.15. The Morgan fingerprint density at radius 1 is 1.53 bits per heavy atom. The van der Waals surface area contributed by atoms with Crippen LogP contribution < -0.4 is 10.6 Å². The predicted molar refractivity (Wildman–Crippen MR) is 62.9 cm³/mol. The lowest BCUT2D eigenvalue weighted by Crippen LogP contribution is -2.17. The van der Waals surface area contributed by atoms with Crippen molar-refractivity contribution in [3.05, 3.63) is 35.0 Å². The fraction of sp³-hybridized carbons (Fsp3) is 0.200. The van der Waals surface area contributed by atoms with E-state index in [-0.39, 0.29) is 0 Å². The van der Waals surface area contributed by atoms with Crippen LogP contribution in [0, 0.1) is 0 Å². The zero-order chi connectivity index (χ0) is 10.7. The smallest absolute Gasteiger partial charge is 0.0795 e. The molecule has 0 bridgehead atoms. The minimum absolute atomic E-state index is 0.690. The maximum atomic E-state index is 5.83. The van der Waals surface area contributed by atoms with E-state index in [0.29, 0.717) is 5.69 Å². The highest BCUT2D eigenvalue weighted by molar-refractivity contribution is 7.07. The van der Waals surface area contributed by atoms with Gasteiger partial charge in [-0.2, -0.15) is 0 Å². The summed E-state index contributed by atoms with van der Waals surface area (Å²) in [5, 5.41) is 2.04. The third kappa shape index (κ3) is 2.24. The summed E-state index contributed by atoms with van der Waals surface area (Å²) >= 11 is 1.60. The van der Waals surface area contributed by atoms with Crippen molar-refractivity contribution in [3.63, 3.8) is 0 Å². The normalized spacial score (nSPS) is 10.2. The van der Waals surface area contributed by atoms with Crippen LogP contribution in [-0.2, 0) is 6.54 Å². The second-order valence-electron chi connectivity index (χ2n) is 3.27. The summed E-state index contributed by atoms with van der Waals surface area (Å²) in [5.41, 5.74) is 10.4. The van der Waals surface area contributed by atoms with E-state index in [1.54, 1.807) is 23.7 Å². The number of nitrogens with two attached hydrogens (primary N) is 1. The number of nitrogen functional groups attached to an aromatic ring is 1. The van der Waals surface area contributed by atoms with Crippen LogP contribution in [0.15, 0.2) is 29.4 Å². The van der Waals surface area contributed by atoms with Gasteiger partial charge in [-0.15, -0.1) is 11.3 Å². The molecule has 0 aromatic carbocycles. The molecule has 0 amide bonds. The van der Waals surface area contributed by atoms with Gasteiger partial charge >= 0.3 is 0 Å². The van der Waals surface area contributed by atoms with Crippen LogP contribution in [-0.4, -0.2) is 17.0 Å². The van der Waals surface area contributed by atoms with Gasteiger partial charge in [-0.05, 0) is 6.07 Å². The van der Waals surface area contributed by atoms with Crippen molar-refractivity contribution < 1.29 is 0 Å². The fourth-order valence-electron chi connectivity index (χ4n) is 1.39. The van der Waals surface area contributed by atoms with Gasteiger partial charge in [0.05, 0.1) is 35.3 Å². The van der Waals surface area contributed by atoms with E-state index in [1.165, 1.54) is 0 Å². The number of aromatic nitrogens is 2. The largest absolute Gasteiger partial charge is 0.396 e. The zero-order valence-electron chi connectivity index (χ0n) is 8.42. The van der Waals surface area contributed by atoms with Gasteiger partial charge in [-0.1, -0.05) is 0 Å². The lowest BCUT2D eigenvalue weighted by atomic mass is 10.3. The Kier molecular flexibility index (Phi) is 2.82. The first-order valence-electron chi connectivity index (χ1n) is 4.55. The summed E-state index contributed by atoms with van der Waals surface area (Å²) in [4.78, 5) is 10.3. The maximum Gasteiger partial charge on any atom is 0.0795 e. The van der Waals surface area contributed by atoms with Gasteiger partial charge in [-0.25, -0.2) is 4.98 Å². The lowest BCUT2D eigenvalue weighted by Gasteiger charge is -2.19. The van der Waals surface area contributed by atoms with Gasteiger partial charge in [0.25, 0.3) is 0 Å². The number of nitrogens with zero attached hydrogens (tertiary/aromatic N) is 3. The highest BCUT2D eigenvalue weighted by Gasteiger charge is 2.06. The van der Waals surface area contributed by atoms with E-state index in [2.05, 4.69) is 14.9 Å². The predicted octanol–water partition coefficient (Wildman–Crippen LogP) is 1.76. The lowest BCUT2D eigenvalue weighted by molar-refractivity contribution is 0.895. The molecule has 0 radical (unpaired) electrons. The number of pyridine rings is 1. The van der Waals surface area contributed by atoms with Crippen molar-refractivity contribution >= 4 is 22.7 Å². The van der Waals surface area contributed by atoms with Gasteiger partial charge in [-0.3, -0.25) is 4.98 Å². The van der Waals surface area contributed by atoms with E-state index in [0.717, 1.165) is 17.9 Å². The highest BCUT2D eigenvalue weighted by Crippen LogP contribution is 2.21. The molecule has 0 fully saturated rings. The highest BCUT2D eigenvalue weighted by atomic mass is 32.1. The van der Waals surface area contributed by atoms with E-state index < -0.39 is 0 Å². The Hall–Kier alpha value is -1.62. The molecule has 0 saturated heterocycles. The molecule has 0 atom stereocenters. The Labute approximate surface area is 92.4 Å². The molecule has 2 aromatic heterocycles. The topological polar surface area (TPSA) is 55.0 Å². The molecule has 2 N–H and O–H groups in total. The monoisotopic (exact) mass is 220 g/mol. The van der Waals surface area contributed by atoms with Crippen molar-refractivity contribution in [2.45, 2.75) is 6.54 Å². The van der Waals surface area contributed by atoms with Crippen molar-refractivity contribution in [1.29, 1.82) is 0 Å². The van der Waals surface area contributed by atoms with Crippen LogP contribution in [0.3, 0.4) is 0 Å². The first kappa shape index (κ1) is 9.92. The van der Waals surface area contributed by atoms with Crippen molar-refractivity contribution in [2.24, 2.45) is 0 Å². The molecule has 0 spiro atoms. The standard InChI is InChI=1S/C10H12N4S/c1-14(5-8-6-15-7-13-8)10-2-3-12-4-9(10)11/h2-4,6-7H,5,11H2,1H3. The maximum absolute atomic E-state index is 5.83. The van der Waals surface area contributed by atoms with Gasteiger partial charge in [0.2, 0.25) is 0 Å². The van der Waals surface area contributed by atoms with Gasteiger partial charge in [0.15, 0.2) is 0 Å². The molecule has 0 aliphatic heterocycles. The van der Waals surface area contributed by atoms with Crippen LogP contribution in [0.5, 0.6) is 0 Å². The summed E-state index contributed by atoms with van der Waals surface area (Å²) < 4.78 is 0. The first-order valence-corrected chi connectivity index (χ1v) is 5.49. The molecule has 5 heteroatoms. The van der Waals surface area contributed by atoms with Crippen LogP contribution >= 0.6 is 11.3 Å². The first-order chi connectivity index (χ1) is 7.27. The summed E-state index contributed by atoms with van der Waals surface area (Å²) in [6, 6.07) is 1.90. The van der Waals surface area contributed by atoms with Crippen LogP contribution in [0.1, 0.15) is 5.69 Å². The molecule has 2 rings (SSSR count). The average Bonchev–Trinajstić information content (AvgIpc) is 2.71. The number of anilines is 2. The fourth-order valence-corrected chi connectivity index (χ4v) is 1.94. The Morgan fingerprint density at radius 3 is 3.07 bits per heavy atom. The second kappa shape index (κ2) is 4.27. The molecule has 4 nitrogen and oxygen atoms in total. The number of rotatable bonds is 3. The summed E-state index contributed by atoms with van der Waals surface area (Å²) in [5.74, 6) is 0. The number of hydrogen-bond acceptors (Lipinski definition) is 5. The number of thiazole rings is 1. The minimum Gasteiger partial charge on any atom is -0.396 e. The molecule has 0 unspecified atom stereocenters. The molecule has 0 aliphatic carbocycles. The summed E-state index contributed by atoms with van der Waals surface area (Å²) in [7, 11) is 1.99. The molecular formula is C10H12N4S. The second-order valence-corrected chi connectivity index (χ2v) is 3.99. The zero-order valence-corrected chi connectivity index (χ0v) is 9.24. The minimum atomic E-state index is 0.690. The Morgan fingerprint density at radius 2 is 2.40 bits per heavy atom. The van der Waals surface area contributed by atoms with E-state index in [1.807, 2.05) is 24.0 Å². The SMILES string of the molecule is CN(Cc1cscn1)c1ccncc1N. The molecule has 78 valence electrons. The average molecular weight is 220 g/mol. The quantitative estimate of drug-likeness (QED) is 0.856. The summed E-state index contributed by atoms with van der Waals surface area (Å²) in [6.45, 7) is 0.762.